The van der Waals surface area contributed by atoms with Crippen molar-refractivity contribution in [3.8, 4) is 0 Å². The zero-order valence-electron chi connectivity index (χ0n) is 10.6. The summed E-state index contributed by atoms with van der Waals surface area (Å²) >= 11 is 0. The van der Waals surface area contributed by atoms with Crippen LogP contribution >= 0.6 is 0 Å². The fourth-order valence-corrected chi connectivity index (χ4v) is 1.61. The predicted octanol–water partition coefficient (Wildman–Crippen LogP) is 0.393. The largest absolute Gasteiger partial charge is 0.476 e. The lowest BCUT2D eigenvalue weighted by Gasteiger charge is -2.02. The third-order valence-corrected chi connectivity index (χ3v) is 2.56. The lowest BCUT2D eigenvalue weighted by atomic mass is 10.2. The van der Waals surface area contributed by atoms with Gasteiger partial charge in [-0.15, -0.1) is 0 Å². The molecule has 8 heteroatoms. The quantitative estimate of drug-likeness (QED) is 0.775. The van der Waals surface area contributed by atoms with Gasteiger partial charge in [-0.3, -0.25) is 9.67 Å². The van der Waals surface area contributed by atoms with Crippen molar-refractivity contribution >= 4 is 17.6 Å². The van der Waals surface area contributed by atoms with Gasteiger partial charge in [-0.1, -0.05) is 0 Å². The highest BCUT2D eigenvalue weighted by molar-refractivity contribution is 5.91. The lowest BCUT2D eigenvalue weighted by Crippen LogP contribution is -2.07. The van der Waals surface area contributed by atoms with Crippen LogP contribution in [0.2, 0.25) is 0 Å². The Morgan fingerprint density at radius 1 is 1.45 bits per heavy atom. The molecule has 0 unspecified atom stereocenters. The zero-order valence-corrected chi connectivity index (χ0v) is 10.6. The molecule has 0 saturated heterocycles. The van der Waals surface area contributed by atoms with Gasteiger partial charge in [0, 0.05) is 12.4 Å². The van der Waals surface area contributed by atoms with E-state index >= 15 is 0 Å². The number of rotatable bonds is 4. The average molecular weight is 276 g/mol. The molecule has 0 bridgehead atoms. The third-order valence-electron chi connectivity index (χ3n) is 2.56. The van der Waals surface area contributed by atoms with Gasteiger partial charge in [0.1, 0.15) is 0 Å². The summed E-state index contributed by atoms with van der Waals surface area (Å²) in [6, 6.07) is 3.20. The summed E-state index contributed by atoms with van der Waals surface area (Å²) in [6.07, 6.45) is 2.80. The van der Waals surface area contributed by atoms with Crippen LogP contribution in [-0.2, 0) is 11.3 Å². The Morgan fingerprint density at radius 3 is 2.70 bits per heavy atom. The molecule has 0 aromatic carbocycles. The number of nitrogens with two attached hydrogens (primary N) is 1. The number of nitrogen functional groups attached to an aromatic ring is 1. The van der Waals surface area contributed by atoms with Crippen LogP contribution in [0.25, 0.3) is 0 Å². The minimum Gasteiger partial charge on any atom is -0.476 e. The van der Waals surface area contributed by atoms with E-state index in [4.69, 9.17) is 10.8 Å². The van der Waals surface area contributed by atoms with Gasteiger partial charge in [-0.2, -0.15) is 5.10 Å². The van der Waals surface area contributed by atoms with E-state index in [0.29, 0.717) is 11.3 Å². The maximum atomic E-state index is 11.2. The summed E-state index contributed by atoms with van der Waals surface area (Å²) < 4.78 is 5.94. The molecular formula is C12H12N4O4. The highest BCUT2D eigenvalue weighted by Crippen LogP contribution is 2.10. The van der Waals surface area contributed by atoms with E-state index in [1.165, 1.54) is 24.2 Å². The molecule has 0 atom stereocenters. The van der Waals surface area contributed by atoms with Crippen LogP contribution in [0.3, 0.4) is 0 Å². The summed E-state index contributed by atoms with van der Waals surface area (Å²) in [6.45, 7) is 0.249. The number of pyridine rings is 1. The second kappa shape index (κ2) is 5.39. The number of methoxy groups -OCH3 is 1. The monoisotopic (exact) mass is 276 g/mol. The normalized spacial score (nSPS) is 10.2. The number of nitrogens with zero attached hydrogens (tertiary/aromatic N) is 3. The number of carboxylic acids is 1. The standard InChI is InChI=1S/C12H12N4O4/c1-20-12(19)7-2-3-8(14-4-7)5-16-6-9(13)10(15-16)11(17)18/h2-4,6H,5,13H2,1H3,(H,17,18). The van der Waals surface area contributed by atoms with Gasteiger partial charge < -0.3 is 15.6 Å². The Morgan fingerprint density at radius 2 is 2.20 bits per heavy atom. The molecule has 20 heavy (non-hydrogen) atoms. The van der Waals surface area contributed by atoms with Crippen LogP contribution in [0.1, 0.15) is 26.5 Å². The van der Waals surface area contributed by atoms with Crippen molar-refractivity contribution in [2.45, 2.75) is 6.54 Å². The number of carbonyl (C=O) groups excluding carboxylic acids is 1. The Labute approximate surface area is 113 Å². The van der Waals surface area contributed by atoms with Crippen molar-refractivity contribution in [3.63, 3.8) is 0 Å². The van der Waals surface area contributed by atoms with Gasteiger partial charge in [-0.25, -0.2) is 9.59 Å². The number of carboxylic acid groups (broad SMARTS) is 1. The molecule has 0 aliphatic heterocycles. The maximum Gasteiger partial charge on any atom is 0.358 e. The van der Waals surface area contributed by atoms with Gasteiger partial charge in [0.05, 0.1) is 30.6 Å². The Bertz CT molecular complexity index is 648. The summed E-state index contributed by atoms with van der Waals surface area (Å²) in [5.41, 5.74) is 6.36. The summed E-state index contributed by atoms with van der Waals surface area (Å²) in [7, 11) is 1.29. The Balaban J connectivity index is 2.16. The first-order valence-electron chi connectivity index (χ1n) is 5.60. The fourth-order valence-electron chi connectivity index (χ4n) is 1.61. The number of aromatic carboxylic acids is 1. The van der Waals surface area contributed by atoms with Crippen molar-refractivity contribution in [1.82, 2.24) is 14.8 Å². The molecular weight excluding hydrogens is 264 g/mol. The van der Waals surface area contributed by atoms with Crippen LogP contribution in [0.5, 0.6) is 0 Å². The molecule has 0 spiro atoms. The second-order valence-corrected chi connectivity index (χ2v) is 3.97. The van der Waals surface area contributed by atoms with Crippen molar-refractivity contribution in [1.29, 1.82) is 0 Å². The van der Waals surface area contributed by atoms with Crippen LogP contribution < -0.4 is 5.73 Å². The first kappa shape index (κ1) is 13.5. The molecule has 2 aromatic rings. The first-order chi connectivity index (χ1) is 9.51. The number of carbonyl (C=O) groups is 2. The molecule has 0 saturated carbocycles. The summed E-state index contributed by atoms with van der Waals surface area (Å²) in [4.78, 5) is 26.1. The molecule has 0 aliphatic carbocycles. The van der Waals surface area contributed by atoms with E-state index < -0.39 is 11.9 Å². The van der Waals surface area contributed by atoms with Crippen LogP contribution in [0, 0.1) is 0 Å². The lowest BCUT2D eigenvalue weighted by molar-refractivity contribution is 0.0599. The topological polar surface area (TPSA) is 120 Å². The van der Waals surface area contributed by atoms with E-state index in [1.54, 1.807) is 12.1 Å². The minimum absolute atomic E-state index is 0.0867. The van der Waals surface area contributed by atoms with E-state index in [0.717, 1.165) is 0 Å². The summed E-state index contributed by atoms with van der Waals surface area (Å²) in [5, 5.41) is 12.7. The maximum absolute atomic E-state index is 11.2. The number of aromatic nitrogens is 3. The number of esters is 1. The van der Waals surface area contributed by atoms with Gasteiger partial charge in [0.25, 0.3) is 0 Å². The molecule has 104 valence electrons. The van der Waals surface area contributed by atoms with Crippen LogP contribution in [-0.4, -0.2) is 38.9 Å². The number of ether oxygens (including phenoxy) is 1. The Kier molecular flexibility index (Phi) is 3.65. The highest BCUT2D eigenvalue weighted by Gasteiger charge is 2.13. The van der Waals surface area contributed by atoms with E-state index in [1.807, 2.05) is 0 Å². The van der Waals surface area contributed by atoms with Crippen LogP contribution in [0.15, 0.2) is 24.5 Å². The van der Waals surface area contributed by atoms with Crippen molar-refractivity contribution in [3.05, 3.63) is 41.5 Å². The molecule has 0 aliphatic rings. The molecule has 3 N–H and O–H groups in total. The fraction of sp³-hybridized carbons (Fsp3) is 0.167. The van der Waals surface area contributed by atoms with Crippen molar-refractivity contribution in [2.75, 3.05) is 12.8 Å². The zero-order chi connectivity index (χ0) is 14.7. The SMILES string of the molecule is COC(=O)c1ccc(Cn2cc(N)c(C(=O)O)n2)nc1. The molecule has 0 radical (unpaired) electrons. The summed E-state index contributed by atoms with van der Waals surface area (Å²) in [5.74, 6) is -1.66. The number of hydrogen-bond acceptors (Lipinski definition) is 6. The van der Waals surface area contributed by atoms with Gasteiger partial charge in [0.15, 0.2) is 5.69 Å². The second-order valence-electron chi connectivity index (χ2n) is 3.97. The van der Waals surface area contributed by atoms with Gasteiger partial charge >= 0.3 is 11.9 Å². The average Bonchev–Trinajstić information content (AvgIpc) is 2.79. The minimum atomic E-state index is -1.18. The molecule has 0 amide bonds. The molecule has 2 heterocycles. The van der Waals surface area contributed by atoms with E-state index in [9.17, 15) is 9.59 Å². The van der Waals surface area contributed by atoms with E-state index in [2.05, 4.69) is 14.8 Å². The van der Waals surface area contributed by atoms with Gasteiger partial charge in [0.2, 0.25) is 0 Å². The van der Waals surface area contributed by atoms with E-state index in [-0.39, 0.29) is 17.9 Å². The number of anilines is 1. The molecule has 8 nitrogen and oxygen atoms in total. The highest BCUT2D eigenvalue weighted by atomic mass is 16.5. The Hall–Kier alpha value is -2.90. The van der Waals surface area contributed by atoms with Crippen molar-refractivity contribution < 1.29 is 19.4 Å². The molecule has 2 aromatic heterocycles. The third kappa shape index (κ3) is 2.74. The van der Waals surface area contributed by atoms with Gasteiger partial charge in [-0.05, 0) is 12.1 Å². The smallest absolute Gasteiger partial charge is 0.358 e. The van der Waals surface area contributed by atoms with Crippen molar-refractivity contribution in [2.24, 2.45) is 0 Å². The molecule has 2 rings (SSSR count). The predicted molar refractivity (Wildman–Crippen MR) is 68.3 cm³/mol. The van der Waals surface area contributed by atoms with Crippen LogP contribution in [0.4, 0.5) is 5.69 Å². The first-order valence-corrected chi connectivity index (χ1v) is 5.60. The number of hydrogen-bond donors (Lipinski definition) is 2. The molecule has 0 fully saturated rings.